The number of hydrogen-bond donors (Lipinski definition) is 1. The van der Waals surface area contributed by atoms with E-state index in [1.54, 1.807) is 6.21 Å². The first kappa shape index (κ1) is 20.6. The molecule has 7 heteroatoms. The second-order valence-electron chi connectivity index (χ2n) is 7.30. The molecule has 0 bridgehead atoms. The van der Waals surface area contributed by atoms with Gasteiger partial charge >= 0.3 is 0 Å². The average molecular weight is 435 g/mol. The molecule has 1 aliphatic rings. The molecule has 0 spiro atoms. The van der Waals surface area contributed by atoms with E-state index in [1.165, 1.54) is 0 Å². The van der Waals surface area contributed by atoms with E-state index < -0.39 is 0 Å². The number of para-hydroxylation sites is 1. The largest absolute Gasteiger partial charge is 0.342 e. The fourth-order valence-electron chi connectivity index (χ4n) is 3.62. The van der Waals surface area contributed by atoms with Gasteiger partial charge in [0.05, 0.1) is 28.3 Å². The van der Waals surface area contributed by atoms with Gasteiger partial charge in [0.25, 0.3) is 0 Å². The number of aromatic nitrogens is 1. The summed E-state index contributed by atoms with van der Waals surface area (Å²) in [6.07, 6.45) is 4.16. The van der Waals surface area contributed by atoms with Gasteiger partial charge in [-0.15, -0.1) is 23.5 Å². The molecule has 0 unspecified atom stereocenters. The first-order chi connectivity index (χ1) is 14.6. The highest BCUT2D eigenvalue weighted by Gasteiger charge is 2.32. The molecule has 2 heterocycles. The Morgan fingerprint density at radius 2 is 1.97 bits per heavy atom. The summed E-state index contributed by atoms with van der Waals surface area (Å²) >= 11 is 3.67. The Kier molecular flexibility index (Phi) is 6.16. The summed E-state index contributed by atoms with van der Waals surface area (Å²) in [4.78, 5) is 12.3. The molecule has 4 rings (SSSR count). The van der Waals surface area contributed by atoms with Crippen LogP contribution >= 0.6 is 23.5 Å². The number of hydrazone groups is 1. The highest BCUT2D eigenvalue weighted by atomic mass is 32.2. The summed E-state index contributed by atoms with van der Waals surface area (Å²) in [5, 5.41) is 14.6. The number of nitrogens with zero attached hydrogens (tertiary/aromatic N) is 3. The minimum Gasteiger partial charge on any atom is -0.342 e. The molecule has 5 nitrogen and oxygen atoms in total. The van der Waals surface area contributed by atoms with Crippen LogP contribution in [0.25, 0.3) is 10.9 Å². The molecule has 0 atom stereocenters. The fraction of sp³-hybridized carbons (Fsp3) is 0.261. The van der Waals surface area contributed by atoms with Gasteiger partial charge in [-0.2, -0.15) is 10.4 Å². The summed E-state index contributed by atoms with van der Waals surface area (Å²) in [7, 11) is 0. The van der Waals surface area contributed by atoms with Gasteiger partial charge in [0.15, 0.2) is 0 Å². The van der Waals surface area contributed by atoms with E-state index in [-0.39, 0.29) is 9.99 Å². The third-order valence-corrected chi connectivity index (χ3v) is 8.36. The van der Waals surface area contributed by atoms with Crippen LogP contribution in [0.3, 0.4) is 0 Å². The molecule has 0 saturated carbocycles. The van der Waals surface area contributed by atoms with Crippen LogP contribution in [0.4, 0.5) is 0 Å². The first-order valence-electron chi connectivity index (χ1n) is 9.74. The molecule has 1 aliphatic heterocycles. The molecule has 1 saturated heterocycles. The molecule has 30 heavy (non-hydrogen) atoms. The number of fused-ring (bicyclic) bond motifs is 1. The highest BCUT2D eigenvalue weighted by Crippen LogP contribution is 2.45. The lowest BCUT2D eigenvalue weighted by molar-refractivity contribution is -0.121. The topological polar surface area (TPSA) is 70.2 Å². The summed E-state index contributed by atoms with van der Waals surface area (Å²) in [5.41, 5.74) is 6.31. The van der Waals surface area contributed by atoms with Crippen molar-refractivity contribution in [2.45, 2.75) is 24.0 Å². The zero-order chi connectivity index (χ0) is 21.0. The third kappa shape index (κ3) is 4.55. The van der Waals surface area contributed by atoms with Gasteiger partial charge in [-0.05, 0) is 24.6 Å². The molecule has 152 valence electrons. The zero-order valence-electron chi connectivity index (χ0n) is 16.7. The van der Waals surface area contributed by atoms with Crippen molar-refractivity contribution < 1.29 is 4.79 Å². The lowest BCUT2D eigenvalue weighted by Crippen LogP contribution is -2.26. The maximum atomic E-state index is 12.3. The van der Waals surface area contributed by atoms with Crippen molar-refractivity contribution in [2.24, 2.45) is 5.10 Å². The fourth-order valence-corrected chi connectivity index (χ4v) is 6.45. The van der Waals surface area contributed by atoms with E-state index >= 15 is 0 Å². The monoisotopic (exact) mass is 434 g/mol. The smallest absolute Gasteiger partial charge is 0.242 e. The Labute approximate surface area is 184 Å². The van der Waals surface area contributed by atoms with Gasteiger partial charge in [-0.1, -0.05) is 36.4 Å². The van der Waals surface area contributed by atoms with Crippen LogP contribution in [0.2, 0.25) is 0 Å². The number of nitrogens with one attached hydrogen (secondary N) is 1. The molecule has 3 aromatic rings. The van der Waals surface area contributed by atoms with Gasteiger partial charge in [0.1, 0.15) is 0 Å². The van der Waals surface area contributed by atoms with Crippen LogP contribution in [0.5, 0.6) is 0 Å². The lowest BCUT2D eigenvalue weighted by Gasteiger charge is -2.19. The molecule has 1 amide bonds. The minimum atomic E-state index is -0.0673. The predicted octanol–water partition coefficient (Wildman–Crippen LogP) is 4.60. The van der Waals surface area contributed by atoms with Crippen molar-refractivity contribution in [2.75, 3.05) is 11.5 Å². The Morgan fingerprint density at radius 3 is 2.77 bits per heavy atom. The van der Waals surface area contributed by atoms with Crippen molar-refractivity contribution in [1.82, 2.24) is 9.99 Å². The molecule has 2 aromatic carbocycles. The average Bonchev–Trinajstić information content (AvgIpc) is 3.32. The normalized spacial score (nSPS) is 15.5. The number of hydrogen-bond acceptors (Lipinski definition) is 5. The van der Waals surface area contributed by atoms with Crippen molar-refractivity contribution in [3.8, 4) is 6.07 Å². The van der Waals surface area contributed by atoms with Gasteiger partial charge in [-0.25, -0.2) is 5.43 Å². The Morgan fingerprint density at radius 1 is 1.23 bits per heavy atom. The first-order valence-corrected chi connectivity index (χ1v) is 11.7. The quantitative estimate of drug-likeness (QED) is 0.455. The van der Waals surface area contributed by atoms with E-state index in [0.717, 1.165) is 33.5 Å². The number of rotatable bonds is 6. The van der Waals surface area contributed by atoms with Gasteiger partial charge in [-0.3, -0.25) is 4.79 Å². The Balaban J connectivity index is 1.53. The number of thioether (sulfide) groups is 2. The minimum absolute atomic E-state index is 0.0518. The lowest BCUT2D eigenvalue weighted by atomic mass is 10.1. The molecular weight excluding hydrogens is 412 g/mol. The molecule has 0 radical (unpaired) electrons. The van der Waals surface area contributed by atoms with Gasteiger partial charge in [0.2, 0.25) is 5.91 Å². The highest BCUT2D eigenvalue weighted by molar-refractivity contribution is 8.21. The summed E-state index contributed by atoms with van der Waals surface area (Å²) in [6, 6.07) is 18.0. The van der Waals surface area contributed by atoms with Crippen LogP contribution in [0, 0.1) is 11.3 Å². The maximum Gasteiger partial charge on any atom is 0.242 e. The van der Waals surface area contributed by atoms with Crippen LogP contribution in [0.1, 0.15) is 30.0 Å². The number of carbonyl (C=O) groups excluding carboxylic acids is 1. The van der Waals surface area contributed by atoms with Crippen molar-refractivity contribution in [3.63, 3.8) is 0 Å². The van der Waals surface area contributed by atoms with E-state index in [2.05, 4.69) is 34.2 Å². The SMILES string of the molecule is CC1(CC(=O)N/N=C\c2cn(Cc3ccccc3C#N)c3ccccc23)SCCS1. The molecule has 1 fully saturated rings. The summed E-state index contributed by atoms with van der Waals surface area (Å²) < 4.78 is 2.06. The van der Waals surface area contributed by atoms with Crippen LogP contribution in [-0.4, -0.2) is 32.3 Å². The summed E-state index contributed by atoms with van der Waals surface area (Å²) in [6.45, 7) is 2.71. The van der Waals surface area contributed by atoms with E-state index in [4.69, 9.17) is 0 Å². The number of carbonyl (C=O) groups is 1. The standard InChI is InChI=1S/C23H22N4OS2/c1-23(29-10-11-30-23)12-22(28)26-25-14-19-16-27(21-9-5-4-8-20(19)21)15-18-7-3-2-6-17(18)13-24/h2-9,14,16H,10-12,15H2,1H3,(H,26,28)/b25-14-. The Bertz CT molecular complexity index is 1140. The second-order valence-corrected chi connectivity index (χ2v) is 10.8. The zero-order valence-corrected chi connectivity index (χ0v) is 18.3. The van der Waals surface area contributed by atoms with Crippen molar-refractivity contribution in [3.05, 3.63) is 71.4 Å². The van der Waals surface area contributed by atoms with Crippen LogP contribution < -0.4 is 5.43 Å². The maximum absolute atomic E-state index is 12.3. The summed E-state index contributed by atoms with van der Waals surface area (Å²) in [5.74, 6) is 2.11. The van der Waals surface area contributed by atoms with Crippen molar-refractivity contribution in [1.29, 1.82) is 5.26 Å². The third-order valence-electron chi connectivity index (χ3n) is 5.07. The van der Waals surface area contributed by atoms with Gasteiger partial charge < -0.3 is 4.57 Å². The Hall–Kier alpha value is -2.69. The van der Waals surface area contributed by atoms with E-state index in [0.29, 0.717) is 18.5 Å². The van der Waals surface area contributed by atoms with E-state index in [1.807, 2.05) is 72.2 Å². The van der Waals surface area contributed by atoms with Crippen LogP contribution in [-0.2, 0) is 11.3 Å². The van der Waals surface area contributed by atoms with Crippen molar-refractivity contribution >= 4 is 46.5 Å². The van der Waals surface area contributed by atoms with E-state index in [9.17, 15) is 10.1 Å². The number of nitriles is 1. The van der Waals surface area contributed by atoms with Gasteiger partial charge in [0, 0.05) is 40.7 Å². The molecule has 1 N–H and O–H groups in total. The predicted molar refractivity (Wildman–Crippen MR) is 126 cm³/mol. The molecular formula is C23H22N4OS2. The van der Waals surface area contributed by atoms with Crippen LogP contribution in [0.15, 0.2) is 59.8 Å². The second kappa shape index (κ2) is 8.99. The molecule has 0 aliphatic carbocycles. The number of amides is 1. The number of benzene rings is 2. The molecule has 1 aromatic heterocycles.